The Morgan fingerprint density at radius 2 is 2.07 bits per heavy atom. The second-order valence-corrected chi connectivity index (χ2v) is 3.65. The summed E-state index contributed by atoms with van der Waals surface area (Å²) in [6, 6.07) is 3.77. The van der Waals surface area contributed by atoms with Gasteiger partial charge in [-0.3, -0.25) is 0 Å². The van der Waals surface area contributed by atoms with Crippen LogP contribution in [-0.2, 0) is 6.54 Å². The number of aryl methyl sites for hydroxylation is 1. The highest BCUT2D eigenvalue weighted by Gasteiger charge is 2.11. The van der Waals surface area contributed by atoms with Gasteiger partial charge in [0.25, 0.3) is 0 Å². The Bertz CT molecular complexity index is 482. The van der Waals surface area contributed by atoms with Crippen LogP contribution in [0, 0.1) is 20.8 Å². The molecule has 2 heterocycles. The fourth-order valence-electron chi connectivity index (χ4n) is 1.53. The molecule has 0 aliphatic heterocycles. The van der Waals surface area contributed by atoms with Crippen molar-refractivity contribution < 1.29 is 4.42 Å². The van der Waals surface area contributed by atoms with Crippen molar-refractivity contribution in [1.82, 2.24) is 9.78 Å². The molecule has 2 aromatic rings. The maximum atomic E-state index is 5.54. The van der Waals surface area contributed by atoms with E-state index in [1.165, 1.54) is 5.56 Å². The molecule has 0 amide bonds. The van der Waals surface area contributed by atoms with Gasteiger partial charge in [0.15, 0.2) is 0 Å². The second kappa shape index (κ2) is 3.55. The van der Waals surface area contributed by atoms with Gasteiger partial charge in [-0.2, -0.15) is 5.10 Å². The van der Waals surface area contributed by atoms with Crippen molar-refractivity contribution in [2.24, 2.45) is 5.73 Å². The van der Waals surface area contributed by atoms with Crippen LogP contribution in [0.5, 0.6) is 0 Å². The molecule has 4 heteroatoms. The summed E-state index contributed by atoms with van der Waals surface area (Å²) in [6.45, 7) is 6.49. The summed E-state index contributed by atoms with van der Waals surface area (Å²) in [5, 5.41) is 4.41. The molecule has 0 aliphatic rings. The summed E-state index contributed by atoms with van der Waals surface area (Å²) >= 11 is 0. The van der Waals surface area contributed by atoms with Crippen LogP contribution in [0.2, 0.25) is 0 Å². The zero-order valence-corrected chi connectivity index (χ0v) is 9.24. The van der Waals surface area contributed by atoms with Gasteiger partial charge in [-0.15, -0.1) is 0 Å². The maximum Gasteiger partial charge on any atom is 0.220 e. The van der Waals surface area contributed by atoms with E-state index in [1.807, 2.05) is 30.7 Å². The first-order valence-corrected chi connectivity index (χ1v) is 4.95. The largest absolute Gasteiger partial charge is 0.442 e. The Hall–Kier alpha value is -1.55. The number of nitrogens with two attached hydrogens (primary N) is 1. The number of rotatable bonds is 2. The van der Waals surface area contributed by atoms with Crippen molar-refractivity contribution in [3.8, 4) is 5.88 Å². The van der Waals surface area contributed by atoms with E-state index in [0.717, 1.165) is 23.0 Å². The number of nitrogens with zero attached hydrogens (tertiary/aromatic N) is 2. The molecule has 2 N–H and O–H groups in total. The van der Waals surface area contributed by atoms with Crippen LogP contribution in [0.3, 0.4) is 0 Å². The highest BCUT2D eigenvalue weighted by molar-refractivity contribution is 5.30. The summed E-state index contributed by atoms with van der Waals surface area (Å²) in [4.78, 5) is 0. The highest BCUT2D eigenvalue weighted by Crippen LogP contribution is 2.18. The van der Waals surface area contributed by atoms with Gasteiger partial charge in [-0.25, -0.2) is 4.68 Å². The van der Waals surface area contributed by atoms with Crippen LogP contribution in [0.1, 0.15) is 22.7 Å². The predicted octanol–water partition coefficient (Wildman–Crippen LogP) is 1.85. The van der Waals surface area contributed by atoms with Crippen molar-refractivity contribution >= 4 is 0 Å². The van der Waals surface area contributed by atoms with Crippen LogP contribution < -0.4 is 5.73 Å². The summed E-state index contributed by atoms with van der Waals surface area (Å²) in [5.41, 5.74) is 8.81. The van der Waals surface area contributed by atoms with E-state index in [-0.39, 0.29) is 0 Å². The molecule has 0 unspecified atom stereocenters. The fraction of sp³-hybridized carbons (Fsp3) is 0.364. The van der Waals surface area contributed by atoms with Gasteiger partial charge in [-0.05, 0) is 32.4 Å². The summed E-state index contributed by atoms with van der Waals surface area (Å²) in [7, 11) is 0. The summed E-state index contributed by atoms with van der Waals surface area (Å²) < 4.78 is 7.35. The first-order chi connectivity index (χ1) is 7.13. The Morgan fingerprint density at radius 1 is 1.33 bits per heavy atom. The molecular formula is C11H15N3O. The molecule has 0 saturated heterocycles. The van der Waals surface area contributed by atoms with E-state index in [4.69, 9.17) is 10.2 Å². The highest BCUT2D eigenvalue weighted by atomic mass is 16.4. The van der Waals surface area contributed by atoms with Gasteiger partial charge in [0, 0.05) is 11.8 Å². The van der Waals surface area contributed by atoms with Crippen molar-refractivity contribution in [2.75, 3.05) is 0 Å². The lowest BCUT2D eigenvalue weighted by Gasteiger charge is -1.99. The minimum atomic E-state index is 0.415. The van der Waals surface area contributed by atoms with Crippen LogP contribution in [-0.4, -0.2) is 9.78 Å². The average molecular weight is 205 g/mol. The predicted molar refractivity (Wildman–Crippen MR) is 57.9 cm³/mol. The molecule has 0 aromatic carbocycles. The normalized spacial score (nSPS) is 10.9. The van der Waals surface area contributed by atoms with E-state index in [1.54, 1.807) is 0 Å². The minimum Gasteiger partial charge on any atom is -0.442 e. The van der Waals surface area contributed by atoms with E-state index >= 15 is 0 Å². The standard InChI is InChI=1S/C11H15N3O/c1-7-8(2)13-14(9(7)3)11-5-4-10(6-12)15-11/h4-5H,6,12H2,1-3H3. The van der Waals surface area contributed by atoms with Crippen molar-refractivity contribution in [1.29, 1.82) is 0 Å². The van der Waals surface area contributed by atoms with Gasteiger partial charge in [-0.1, -0.05) is 0 Å². The number of hydrogen-bond acceptors (Lipinski definition) is 3. The van der Waals surface area contributed by atoms with E-state index in [9.17, 15) is 0 Å². The van der Waals surface area contributed by atoms with Gasteiger partial charge < -0.3 is 10.2 Å². The molecule has 0 fully saturated rings. The molecule has 0 spiro atoms. The van der Waals surface area contributed by atoms with E-state index in [2.05, 4.69) is 12.0 Å². The molecule has 0 atom stereocenters. The number of aromatic nitrogens is 2. The van der Waals surface area contributed by atoms with Crippen LogP contribution in [0.4, 0.5) is 0 Å². The lowest BCUT2D eigenvalue weighted by molar-refractivity contribution is 0.476. The zero-order chi connectivity index (χ0) is 11.0. The van der Waals surface area contributed by atoms with Gasteiger partial charge in [0.05, 0.1) is 12.2 Å². The lowest BCUT2D eigenvalue weighted by atomic mass is 10.2. The SMILES string of the molecule is Cc1nn(-c2ccc(CN)o2)c(C)c1C. The van der Waals surface area contributed by atoms with Gasteiger partial charge in [0.1, 0.15) is 5.76 Å². The summed E-state index contributed by atoms with van der Waals surface area (Å²) in [6.07, 6.45) is 0. The van der Waals surface area contributed by atoms with Crippen molar-refractivity contribution in [3.05, 3.63) is 34.8 Å². The van der Waals surface area contributed by atoms with E-state index < -0.39 is 0 Å². The molecule has 2 aromatic heterocycles. The molecular weight excluding hydrogens is 190 g/mol. The lowest BCUT2D eigenvalue weighted by Crippen LogP contribution is -1.98. The first-order valence-electron chi connectivity index (χ1n) is 4.95. The number of furan rings is 1. The third-order valence-electron chi connectivity index (χ3n) is 2.71. The Balaban J connectivity index is 2.49. The maximum absolute atomic E-state index is 5.54. The van der Waals surface area contributed by atoms with Crippen molar-refractivity contribution in [2.45, 2.75) is 27.3 Å². The molecule has 0 radical (unpaired) electrons. The van der Waals surface area contributed by atoms with Crippen LogP contribution >= 0.6 is 0 Å². The fourth-order valence-corrected chi connectivity index (χ4v) is 1.53. The van der Waals surface area contributed by atoms with Crippen LogP contribution in [0.15, 0.2) is 16.5 Å². The van der Waals surface area contributed by atoms with E-state index in [0.29, 0.717) is 6.54 Å². The zero-order valence-electron chi connectivity index (χ0n) is 9.24. The Morgan fingerprint density at radius 3 is 2.53 bits per heavy atom. The molecule has 0 bridgehead atoms. The average Bonchev–Trinajstić information content (AvgIpc) is 2.79. The van der Waals surface area contributed by atoms with Crippen molar-refractivity contribution in [3.63, 3.8) is 0 Å². The molecule has 4 nitrogen and oxygen atoms in total. The molecule has 2 rings (SSSR count). The Labute approximate surface area is 88.7 Å². The minimum absolute atomic E-state index is 0.415. The molecule has 0 aliphatic carbocycles. The quantitative estimate of drug-likeness (QED) is 0.814. The van der Waals surface area contributed by atoms with Gasteiger partial charge >= 0.3 is 0 Å². The van der Waals surface area contributed by atoms with Crippen LogP contribution in [0.25, 0.3) is 5.88 Å². The molecule has 15 heavy (non-hydrogen) atoms. The third-order valence-corrected chi connectivity index (χ3v) is 2.71. The Kier molecular flexibility index (Phi) is 2.36. The second-order valence-electron chi connectivity index (χ2n) is 3.65. The topological polar surface area (TPSA) is 57.0 Å². The third kappa shape index (κ3) is 1.57. The molecule has 80 valence electrons. The van der Waals surface area contributed by atoms with Gasteiger partial charge in [0.2, 0.25) is 5.88 Å². The molecule has 0 saturated carbocycles. The summed E-state index contributed by atoms with van der Waals surface area (Å²) in [5.74, 6) is 1.50. The number of hydrogen-bond donors (Lipinski definition) is 1. The monoisotopic (exact) mass is 205 g/mol. The first kappa shape index (κ1) is 9.98. The smallest absolute Gasteiger partial charge is 0.220 e.